The molecule has 2 rings (SSSR count). The molecule has 0 aromatic heterocycles. The first-order valence-electron chi connectivity index (χ1n) is 5.31. The van der Waals surface area contributed by atoms with Gasteiger partial charge >= 0.3 is 0 Å². The van der Waals surface area contributed by atoms with Crippen LogP contribution in [0.4, 0.5) is 0 Å². The Labute approximate surface area is 90.3 Å². The standard InChI is InChI=1S/C13H16O2/c1-13(2)9-10(14)8-12(13)15-11-6-4-3-5-7-11/h3-7,12H,8-9H2,1-2H3. The van der Waals surface area contributed by atoms with E-state index in [0.29, 0.717) is 18.6 Å². The van der Waals surface area contributed by atoms with Gasteiger partial charge in [-0.3, -0.25) is 4.79 Å². The maximum atomic E-state index is 11.4. The van der Waals surface area contributed by atoms with Crippen LogP contribution in [-0.2, 0) is 4.79 Å². The van der Waals surface area contributed by atoms with E-state index in [4.69, 9.17) is 4.74 Å². The first-order valence-corrected chi connectivity index (χ1v) is 5.31. The molecule has 2 heteroatoms. The minimum atomic E-state index is -0.0348. The largest absolute Gasteiger partial charge is 0.489 e. The van der Waals surface area contributed by atoms with E-state index < -0.39 is 0 Å². The third-order valence-corrected chi connectivity index (χ3v) is 2.96. The summed E-state index contributed by atoms with van der Waals surface area (Å²) in [5.41, 5.74) is -0.0348. The van der Waals surface area contributed by atoms with Gasteiger partial charge in [-0.1, -0.05) is 32.0 Å². The normalized spacial score (nSPS) is 24.1. The van der Waals surface area contributed by atoms with Crippen molar-refractivity contribution in [1.82, 2.24) is 0 Å². The van der Waals surface area contributed by atoms with Gasteiger partial charge in [0.1, 0.15) is 17.6 Å². The second kappa shape index (κ2) is 3.69. The molecule has 0 aliphatic heterocycles. The molecule has 1 unspecified atom stereocenters. The Hall–Kier alpha value is -1.31. The van der Waals surface area contributed by atoms with Crippen molar-refractivity contribution in [3.05, 3.63) is 30.3 Å². The molecule has 0 amide bonds. The first kappa shape index (κ1) is 10.2. The van der Waals surface area contributed by atoms with Crippen molar-refractivity contribution in [3.8, 4) is 5.75 Å². The molecule has 15 heavy (non-hydrogen) atoms. The predicted molar refractivity (Wildman–Crippen MR) is 58.9 cm³/mol. The maximum Gasteiger partial charge on any atom is 0.137 e. The maximum absolute atomic E-state index is 11.4. The van der Waals surface area contributed by atoms with Crippen molar-refractivity contribution in [1.29, 1.82) is 0 Å². The summed E-state index contributed by atoms with van der Waals surface area (Å²) in [5.74, 6) is 1.16. The van der Waals surface area contributed by atoms with Crippen LogP contribution in [0.1, 0.15) is 26.7 Å². The van der Waals surface area contributed by atoms with Gasteiger partial charge in [0.25, 0.3) is 0 Å². The fourth-order valence-electron chi connectivity index (χ4n) is 2.04. The highest BCUT2D eigenvalue weighted by molar-refractivity contribution is 5.82. The molecule has 1 aromatic carbocycles. The lowest BCUT2D eigenvalue weighted by atomic mass is 9.89. The zero-order valence-electron chi connectivity index (χ0n) is 9.19. The second-order valence-electron chi connectivity index (χ2n) is 4.83. The van der Waals surface area contributed by atoms with Crippen molar-refractivity contribution < 1.29 is 9.53 Å². The van der Waals surface area contributed by atoms with Gasteiger partial charge in [0.05, 0.1) is 0 Å². The zero-order chi connectivity index (χ0) is 10.9. The fourth-order valence-corrected chi connectivity index (χ4v) is 2.04. The summed E-state index contributed by atoms with van der Waals surface area (Å²) in [4.78, 5) is 11.4. The van der Waals surface area contributed by atoms with E-state index in [0.717, 1.165) is 5.75 Å². The topological polar surface area (TPSA) is 26.3 Å². The predicted octanol–water partition coefficient (Wildman–Crippen LogP) is 2.82. The van der Waals surface area contributed by atoms with E-state index in [1.807, 2.05) is 30.3 Å². The first-order chi connectivity index (χ1) is 7.08. The van der Waals surface area contributed by atoms with Crippen LogP contribution in [0.3, 0.4) is 0 Å². The van der Waals surface area contributed by atoms with Gasteiger partial charge in [-0.2, -0.15) is 0 Å². The van der Waals surface area contributed by atoms with Crippen molar-refractivity contribution in [2.24, 2.45) is 5.41 Å². The Kier molecular flexibility index (Phi) is 2.51. The monoisotopic (exact) mass is 204 g/mol. The molecule has 0 N–H and O–H groups in total. The van der Waals surface area contributed by atoms with Gasteiger partial charge in [0.15, 0.2) is 0 Å². The highest BCUT2D eigenvalue weighted by Gasteiger charge is 2.41. The van der Waals surface area contributed by atoms with E-state index in [1.165, 1.54) is 0 Å². The summed E-state index contributed by atoms with van der Waals surface area (Å²) in [6, 6.07) is 9.70. The van der Waals surface area contributed by atoms with Crippen LogP contribution in [0, 0.1) is 5.41 Å². The smallest absolute Gasteiger partial charge is 0.137 e. The lowest BCUT2D eigenvalue weighted by Crippen LogP contribution is -2.28. The highest BCUT2D eigenvalue weighted by Crippen LogP contribution is 2.37. The number of carbonyl (C=O) groups excluding carboxylic acids is 1. The molecule has 1 aliphatic carbocycles. The molecule has 1 aliphatic rings. The van der Waals surface area contributed by atoms with E-state index in [2.05, 4.69) is 13.8 Å². The van der Waals surface area contributed by atoms with Crippen molar-refractivity contribution >= 4 is 5.78 Å². The molecule has 0 spiro atoms. The summed E-state index contributed by atoms with van der Waals surface area (Å²) in [7, 11) is 0. The van der Waals surface area contributed by atoms with E-state index >= 15 is 0 Å². The summed E-state index contributed by atoms with van der Waals surface area (Å²) in [5, 5.41) is 0. The van der Waals surface area contributed by atoms with E-state index in [-0.39, 0.29) is 11.5 Å². The Morgan fingerprint density at radius 1 is 1.27 bits per heavy atom. The molecular formula is C13H16O2. The number of hydrogen-bond donors (Lipinski definition) is 0. The molecule has 80 valence electrons. The Bertz CT molecular complexity index is 354. The molecule has 1 fully saturated rings. The summed E-state index contributed by atoms with van der Waals surface area (Å²) in [6.07, 6.45) is 1.19. The van der Waals surface area contributed by atoms with Crippen molar-refractivity contribution in [3.63, 3.8) is 0 Å². The second-order valence-corrected chi connectivity index (χ2v) is 4.83. The quantitative estimate of drug-likeness (QED) is 0.740. The van der Waals surface area contributed by atoms with Crippen LogP contribution in [0.5, 0.6) is 5.75 Å². The Morgan fingerprint density at radius 2 is 1.93 bits per heavy atom. The lowest BCUT2D eigenvalue weighted by Gasteiger charge is -2.26. The zero-order valence-corrected chi connectivity index (χ0v) is 9.19. The van der Waals surface area contributed by atoms with Crippen LogP contribution in [0.15, 0.2) is 30.3 Å². The molecule has 2 nitrogen and oxygen atoms in total. The lowest BCUT2D eigenvalue weighted by molar-refractivity contribution is -0.118. The number of ether oxygens (including phenoxy) is 1. The average Bonchev–Trinajstić information content (AvgIpc) is 2.41. The van der Waals surface area contributed by atoms with Crippen molar-refractivity contribution in [2.75, 3.05) is 0 Å². The van der Waals surface area contributed by atoms with E-state index in [9.17, 15) is 4.79 Å². The summed E-state index contributed by atoms with van der Waals surface area (Å²) >= 11 is 0. The molecule has 0 bridgehead atoms. The molecule has 0 saturated heterocycles. The Balaban J connectivity index is 2.10. The number of rotatable bonds is 2. The molecule has 0 radical (unpaired) electrons. The van der Waals surface area contributed by atoms with Gasteiger partial charge in [0.2, 0.25) is 0 Å². The third-order valence-electron chi connectivity index (χ3n) is 2.96. The van der Waals surface area contributed by atoms with Gasteiger partial charge < -0.3 is 4.74 Å². The number of hydrogen-bond acceptors (Lipinski definition) is 2. The van der Waals surface area contributed by atoms with Gasteiger partial charge in [-0.15, -0.1) is 0 Å². The number of ketones is 1. The summed E-state index contributed by atoms with van der Waals surface area (Å²) in [6.45, 7) is 4.18. The molecule has 1 atom stereocenters. The van der Waals surface area contributed by atoms with Gasteiger partial charge in [-0.25, -0.2) is 0 Å². The molecule has 1 aromatic rings. The molecular weight excluding hydrogens is 188 g/mol. The fraction of sp³-hybridized carbons (Fsp3) is 0.462. The molecule has 1 saturated carbocycles. The molecule has 0 heterocycles. The third kappa shape index (κ3) is 2.20. The van der Waals surface area contributed by atoms with Crippen LogP contribution < -0.4 is 4.74 Å². The number of benzene rings is 1. The number of Topliss-reactive ketones (excluding diaryl/α,β-unsaturated/α-hetero) is 1. The van der Waals surface area contributed by atoms with Crippen LogP contribution >= 0.6 is 0 Å². The van der Waals surface area contributed by atoms with Crippen LogP contribution in [0.25, 0.3) is 0 Å². The summed E-state index contributed by atoms with van der Waals surface area (Å²) < 4.78 is 5.84. The minimum Gasteiger partial charge on any atom is -0.489 e. The number of carbonyl (C=O) groups is 1. The van der Waals surface area contributed by atoms with E-state index in [1.54, 1.807) is 0 Å². The van der Waals surface area contributed by atoms with Gasteiger partial charge in [0, 0.05) is 18.3 Å². The number of para-hydroxylation sites is 1. The minimum absolute atomic E-state index is 0.0207. The Morgan fingerprint density at radius 3 is 2.47 bits per heavy atom. The highest BCUT2D eigenvalue weighted by atomic mass is 16.5. The van der Waals surface area contributed by atoms with Gasteiger partial charge in [-0.05, 0) is 12.1 Å². The SMILES string of the molecule is CC1(C)CC(=O)CC1Oc1ccccc1. The van der Waals surface area contributed by atoms with Crippen molar-refractivity contribution in [2.45, 2.75) is 32.8 Å². The average molecular weight is 204 g/mol. The van der Waals surface area contributed by atoms with Crippen LogP contribution in [-0.4, -0.2) is 11.9 Å². The van der Waals surface area contributed by atoms with Crippen LogP contribution in [0.2, 0.25) is 0 Å².